The minimum atomic E-state index is -3.71. The van der Waals surface area contributed by atoms with Crippen molar-refractivity contribution in [3.8, 4) is 0 Å². The molecule has 126 valence electrons. The fourth-order valence-corrected chi connectivity index (χ4v) is 3.06. The van der Waals surface area contributed by atoms with Gasteiger partial charge in [-0.1, -0.05) is 0 Å². The van der Waals surface area contributed by atoms with Gasteiger partial charge in [-0.3, -0.25) is 9.59 Å². The first-order chi connectivity index (χ1) is 10.8. The Bertz CT molecular complexity index is 682. The summed E-state index contributed by atoms with van der Waals surface area (Å²) in [6.07, 6.45) is 0.502. The summed E-state index contributed by atoms with van der Waals surface area (Å²) >= 11 is 0. The molecule has 23 heavy (non-hydrogen) atoms. The van der Waals surface area contributed by atoms with Gasteiger partial charge in [0.05, 0.1) is 17.1 Å². The number of carbonyl (C=O) groups excluding carboxylic acids is 2. The molecule has 0 unspecified atom stereocenters. The smallest absolute Gasteiger partial charge is 0.307 e. The van der Waals surface area contributed by atoms with E-state index in [9.17, 15) is 22.4 Å². The van der Waals surface area contributed by atoms with Gasteiger partial charge in [-0.25, -0.2) is 12.8 Å². The molecule has 0 heterocycles. The maximum Gasteiger partial charge on any atom is 0.307 e. The summed E-state index contributed by atoms with van der Waals surface area (Å²) < 4.78 is 41.7. The van der Waals surface area contributed by atoms with E-state index in [4.69, 9.17) is 4.74 Å². The number of nitrogens with one attached hydrogen (secondary N) is 1. The number of esters is 1. The van der Waals surface area contributed by atoms with Crippen molar-refractivity contribution in [2.24, 2.45) is 0 Å². The van der Waals surface area contributed by atoms with Crippen LogP contribution in [0.25, 0.3) is 0 Å². The number of ether oxygens (including phenoxy) is 1. The zero-order valence-electron chi connectivity index (χ0n) is 12.6. The molecule has 2 rings (SSSR count). The third kappa shape index (κ3) is 5.31. The molecule has 0 bridgehead atoms. The molecular formula is C15H18FNO5S. The van der Waals surface area contributed by atoms with E-state index in [2.05, 4.69) is 5.32 Å². The second kappa shape index (κ2) is 7.08. The molecule has 1 amide bonds. The van der Waals surface area contributed by atoms with Crippen molar-refractivity contribution in [2.45, 2.75) is 43.2 Å². The quantitative estimate of drug-likeness (QED) is 0.593. The minimum absolute atomic E-state index is 0.0637. The van der Waals surface area contributed by atoms with Crippen LogP contribution in [0.2, 0.25) is 0 Å². The zero-order chi connectivity index (χ0) is 17.0. The SMILES string of the molecule is C[C@@H](OC(=O)CCS(=O)(=O)c1ccc(F)cc1)C(=O)NC1CC1. The summed E-state index contributed by atoms with van der Waals surface area (Å²) in [5.74, 6) is -2.16. The summed E-state index contributed by atoms with van der Waals surface area (Å²) in [5, 5.41) is 2.69. The molecule has 1 fully saturated rings. The molecule has 1 saturated carbocycles. The summed E-state index contributed by atoms with van der Waals surface area (Å²) in [7, 11) is -3.71. The lowest BCUT2D eigenvalue weighted by molar-refractivity contribution is -0.154. The number of rotatable bonds is 7. The normalized spacial score (nSPS) is 15.7. The average Bonchev–Trinajstić information content (AvgIpc) is 3.29. The highest BCUT2D eigenvalue weighted by molar-refractivity contribution is 7.91. The first kappa shape index (κ1) is 17.4. The number of amides is 1. The van der Waals surface area contributed by atoms with E-state index in [0.29, 0.717) is 0 Å². The van der Waals surface area contributed by atoms with Crippen molar-refractivity contribution >= 4 is 21.7 Å². The molecular weight excluding hydrogens is 325 g/mol. The van der Waals surface area contributed by atoms with Gasteiger partial charge >= 0.3 is 5.97 Å². The molecule has 1 atom stereocenters. The van der Waals surface area contributed by atoms with E-state index in [1.807, 2.05) is 0 Å². The second-order valence-corrected chi connectivity index (χ2v) is 7.55. The van der Waals surface area contributed by atoms with Gasteiger partial charge in [0.1, 0.15) is 5.82 Å². The fourth-order valence-electron chi connectivity index (χ4n) is 1.83. The van der Waals surface area contributed by atoms with Crippen LogP contribution in [0.1, 0.15) is 26.2 Å². The van der Waals surface area contributed by atoms with Crippen LogP contribution in [0.15, 0.2) is 29.2 Å². The van der Waals surface area contributed by atoms with E-state index >= 15 is 0 Å². The van der Waals surface area contributed by atoms with Crippen LogP contribution < -0.4 is 5.32 Å². The van der Waals surface area contributed by atoms with Crippen molar-refractivity contribution in [3.63, 3.8) is 0 Å². The fraction of sp³-hybridized carbons (Fsp3) is 0.467. The van der Waals surface area contributed by atoms with E-state index in [1.54, 1.807) is 0 Å². The molecule has 8 heteroatoms. The summed E-state index contributed by atoms with van der Waals surface area (Å²) in [6, 6.07) is 4.51. The standard InChI is InChI=1S/C15H18FNO5S/c1-10(15(19)17-12-4-5-12)22-14(18)8-9-23(20,21)13-6-2-11(16)3-7-13/h2-3,6-7,10,12H,4-5,8-9H2,1H3,(H,17,19)/t10-/m1/s1. The number of hydrogen-bond donors (Lipinski definition) is 1. The molecule has 1 aromatic rings. The Morgan fingerprint density at radius 3 is 2.48 bits per heavy atom. The average molecular weight is 343 g/mol. The lowest BCUT2D eigenvalue weighted by Gasteiger charge is -2.13. The molecule has 6 nitrogen and oxygen atoms in total. The molecule has 1 aromatic carbocycles. The molecule has 0 spiro atoms. The lowest BCUT2D eigenvalue weighted by atomic mass is 10.3. The largest absolute Gasteiger partial charge is 0.453 e. The van der Waals surface area contributed by atoms with Crippen LogP contribution >= 0.6 is 0 Å². The predicted molar refractivity (Wildman–Crippen MR) is 79.8 cm³/mol. The van der Waals surface area contributed by atoms with Crippen molar-refractivity contribution in [1.82, 2.24) is 5.32 Å². The van der Waals surface area contributed by atoms with Crippen molar-refractivity contribution in [1.29, 1.82) is 0 Å². The van der Waals surface area contributed by atoms with Gasteiger partial charge in [-0.15, -0.1) is 0 Å². The van der Waals surface area contributed by atoms with E-state index in [-0.39, 0.29) is 23.3 Å². The Labute approximate surface area is 133 Å². The van der Waals surface area contributed by atoms with Crippen LogP contribution in [-0.2, 0) is 24.2 Å². The molecule has 0 radical (unpaired) electrons. The molecule has 0 saturated heterocycles. The van der Waals surface area contributed by atoms with Crippen molar-refractivity contribution in [3.05, 3.63) is 30.1 Å². The third-order valence-electron chi connectivity index (χ3n) is 3.35. The third-order valence-corrected chi connectivity index (χ3v) is 5.08. The monoisotopic (exact) mass is 343 g/mol. The predicted octanol–water partition coefficient (Wildman–Crippen LogP) is 1.20. The molecule has 0 aliphatic heterocycles. The molecule has 1 N–H and O–H groups in total. The molecule has 1 aliphatic carbocycles. The topological polar surface area (TPSA) is 89.5 Å². The maximum absolute atomic E-state index is 12.8. The Hall–Kier alpha value is -1.96. The van der Waals surface area contributed by atoms with Crippen LogP contribution in [-0.4, -0.2) is 38.2 Å². The Balaban J connectivity index is 1.82. The van der Waals surface area contributed by atoms with Crippen LogP contribution in [0.5, 0.6) is 0 Å². The second-order valence-electron chi connectivity index (χ2n) is 5.44. The van der Waals surface area contributed by atoms with Crippen LogP contribution in [0.4, 0.5) is 4.39 Å². The van der Waals surface area contributed by atoms with Crippen LogP contribution in [0.3, 0.4) is 0 Å². The first-order valence-electron chi connectivity index (χ1n) is 7.26. The summed E-state index contributed by atoms with van der Waals surface area (Å²) in [5.41, 5.74) is 0. The van der Waals surface area contributed by atoms with Gasteiger partial charge in [-0.05, 0) is 44.0 Å². The lowest BCUT2D eigenvalue weighted by Crippen LogP contribution is -2.37. The van der Waals surface area contributed by atoms with Crippen molar-refractivity contribution in [2.75, 3.05) is 5.75 Å². The van der Waals surface area contributed by atoms with Gasteiger partial charge in [0.2, 0.25) is 0 Å². The highest BCUT2D eigenvalue weighted by Gasteiger charge is 2.27. The summed E-state index contributed by atoms with van der Waals surface area (Å²) in [6.45, 7) is 1.43. The minimum Gasteiger partial charge on any atom is -0.453 e. The zero-order valence-corrected chi connectivity index (χ0v) is 13.4. The number of benzene rings is 1. The molecule has 0 aromatic heterocycles. The number of carbonyl (C=O) groups is 2. The van der Waals surface area contributed by atoms with E-state index in [1.165, 1.54) is 6.92 Å². The highest BCUT2D eigenvalue weighted by atomic mass is 32.2. The maximum atomic E-state index is 12.8. The molecule has 1 aliphatic rings. The highest BCUT2D eigenvalue weighted by Crippen LogP contribution is 2.19. The van der Waals surface area contributed by atoms with Crippen molar-refractivity contribution < 1.29 is 27.1 Å². The van der Waals surface area contributed by atoms with E-state index < -0.39 is 33.5 Å². The Kier molecular flexibility index (Phi) is 5.35. The number of halogens is 1. The van der Waals surface area contributed by atoms with Gasteiger partial charge in [0.15, 0.2) is 15.9 Å². The van der Waals surface area contributed by atoms with E-state index in [0.717, 1.165) is 37.1 Å². The van der Waals surface area contributed by atoms with Gasteiger partial charge in [-0.2, -0.15) is 0 Å². The number of hydrogen-bond acceptors (Lipinski definition) is 5. The Morgan fingerprint density at radius 1 is 1.30 bits per heavy atom. The number of sulfone groups is 1. The van der Waals surface area contributed by atoms with Gasteiger partial charge < -0.3 is 10.1 Å². The Morgan fingerprint density at radius 2 is 1.91 bits per heavy atom. The summed E-state index contributed by atoms with van der Waals surface area (Å²) in [4.78, 5) is 23.2. The van der Waals surface area contributed by atoms with Gasteiger partial charge in [0, 0.05) is 6.04 Å². The van der Waals surface area contributed by atoms with Crippen LogP contribution in [0, 0.1) is 5.82 Å². The van der Waals surface area contributed by atoms with Gasteiger partial charge in [0.25, 0.3) is 5.91 Å². The first-order valence-corrected chi connectivity index (χ1v) is 8.91.